The summed E-state index contributed by atoms with van der Waals surface area (Å²) in [6.45, 7) is 0. The van der Waals surface area contributed by atoms with Crippen LogP contribution in [0.3, 0.4) is 0 Å². The van der Waals surface area contributed by atoms with Gasteiger partial charge in [-0.15, -0.1) is 0 Å². The van der Waals surface area contributed by atoms with Gasteiger partial charge in [-0.05, 0) is 6.07 Å². The molecule has 0 amide bonds. The average molecular weight is 195 g/mol. The van der Waals surface area contributed by atoms with E-state index in [2.05, 4.69) is 4.98 Å². The standard InChI is InChI=1S/C10H7F2NO/c11-10(12)9-6-3-1-2-4-7(6)13-5-8(9)14/h1-5,10,14H. The van der Waals surface area contributed by atoms with Crippen LogP contribution in [0.25, 0.3) is 10.9 Å². The van der Waals surface area contributed by atoms with Gasteiger partial charge in [0.1, 0.15) is 5.75 Å². The summed E-state index contributed by atoms with van der Waals surface area (Å²) in [6.07, 6.45) is -1.65. The van der Waals surface area contributed by atoms with Crippen LogP contribution < -0.4 is 0 Å². The van der Waals surface area contributed by atoms with E-state index in [0.29, 0.717) is 10.9 Å². The van der Waals surface area contributed by atoms with Crippen LogP contribution in [0.1, 0.15) is 12.0 Å². The van der Waals surface area contributed by atoms with Gasteiger partial charge in [0.05, 0.1) is 17.3 Å². The normalized spacial score (nSPS) is 11.1. The van der Waals surface area contributed by atoms with Crippen molar-refractivity contribution in [1.29, 1.82) is 0 Å². The van der Waals surface area contributed by atoms with Gasteiger partial charge in [-0.25, -0.2) is 8.78 Å². The number of aromatic hydroxyl groups is 1. The first-order valence-corrected chi connectivity index (χ1v) is 4.05. The summed E-state index contributed by atoms with van der Waals surface area (Å²) in [5.74, 6) is -0.460. The third-order valence-electron chi connectivity index (χ3n) is 2.01. The molecule has 4 heteroatoms. The number of pyridine rings is 1. The first-order chi connectivity index (χ1) is 6.70. The Balaban J connectivity index is 2.83. The molecule has 1 aromatic heterocycles. The minimum absolute atomic E-state index is 0.294. The average Bonchev–Trinajstić information content (AvgIpc) is 2.17. The number of rotatable bonds is 1. The fourth-order valence-corrected chi connectivity index (χ4v) is 1.38. The summed E-state index contributed by atoms with van der Waals surface area (Å²) in [7, 11) is 0. The second kappa shape index (κ2) is 3.21. The Labute approximate surface area is 78.8 Å². The minimum Gasteiger partial charge on any atom is -0.506 e. The largest absolute Gasteiger partial charge is 0.506 e. The summed E-state index contributed by atoms with van der Waals surface area (Å²) >= 11 is 0. The van der Waals surface area contributed by atoms with E-state index < -0.39 is 12.2 Å². The van der Waals surface area contributed by atoms with E-state index >= 15 is 0 Å². The molecule has 1 aromatic carbocycles. The molecule has 1 N–H and O–H groups in total. The van der Waals surface area contributed by atoms with Gasteiger partial charge < -0.3 is 5.11 Å². The summed E-state index contributed by atoms with van der Waals surface area (Å²) in [5, 5.41) is 9.53. The first-order valence-electron chi connectivity index (χ1n) is 4.05. The molecule has 2 nitrogen and oxygen atoms in total. The van der Waals surface area contributed by atoms with Crippen molar-refractivity contribution < 1.29 is 13.9 Å². The van der Waals surface area contributed by atoms with Gasteiger partial charge in [-0.1, -0.05) is 18.2 Å². The van der Waals surface area contributed by atoms with Crippen molar-refractivity contribution in [2.75, 3.05) is 0 Å². The Morgan fingerprint density at radius 3 is 2.64 bits per heavy atom. The second-order valence-electron chi connectivity index (χ2n) is 2.87. The highest BCUT2D eigenvalue weighted by molar-refractivity contribution is 5.84. The molecular weight excluding hydrogens is 188 g/mol. The fraction of sp³-hybridized carbons (Fsp3) is 0.100. The molecule has 0 radical (unpaired) electrons. The number of benzene rings is 1. The van der Waals surface area contributed by atoms with Crippen molar-refractivity contribution in [3.05, 3.63) is 36.0 Å². The molecule has 0 saturated heterocycles. The maximum atomic E-state index is 12.6. The minimum atomic E-state index is -2.69. The van der Waals surface area contributed by atoms with Crippen LogP contribution in [0.15, 0.2) is 30.5 Å². The molecule has 0 fully saturated rings. The molecule has 0 aliphatic carbocycles. The van der Waals surface area contributed by atoms with E-state index in [9.17, 15) is 13.9 Å². The van der Waals surface area contributed by atoms with Crippen LogP contribution in [0.5, 0.6) is 5.75 Å². The molecule has 0 unspecified atom stereocenters. The van der Waals surface area contributed by atoms with E-state index in [1.54, 1.807) is 18.2 Å². The lowest BCUT2D eigenvalue weighted by Crippen LogP contribution is -1.90. The van der Waals surface area contributed by atoms with Crippen LogP contribution in [0.4, 0.5) is 8.78 Å². The van der Waals surface area contributed by atoms with Crippen LogP contribution in [-0.4, -0.2) is 10.1 Å². The Hall–Kier alpha value is -1.71. The van der Waals surface area contributed by atoms with Crippen LogP contribution in [-0.2, 0) is 0 Å². The van der Waals surface area contributed by atoms with Gasteiger partial charge in [0.25, 0.3) is 6.43 Å². The molecule has 0 spiro atoms. The van der Waals surface area contributed by atoms with Crippen LogP contribution >= 0.6 is 0 Å². The number of nitrogens with zero attached hydrogens (tertiary/aromatic N) is 1. The molecule has 0 aliphatic rings. The molecule has 0 aliphatic heterocycles. The molecule has 2 rings (SSSR count). The zero-order valence-electron chi connectivity index (χ0n) is 7.11. The monoisotopic (exact) mass is 195 g/mol. The van der Waals surface area contributed by atoms with Crippen molar-refractivity contribution >= 4 is 10.9 Å². The summed E-state index contributed by atoms with van der Waals surface area (Å²) in [5.41, 5.74) is 0.108. The van der Waals surface area contributed by atoms with Crippen molar-refractivity contribution in [3.8, 4) is 5.75 Å². The molecule has 1 heterocycles. The smallest absolute Gasteiger partial charge is 0.268 e. The van der Waals surface area contributed by atoms with Crippen molar-refractivity contribution in [2.45, 2.75) is 6.43 Å². The molecule has 2 aromatic rings. The summed E-state index contributed by atoms with van der Waals surface area (Å²) in [6, 6.07) is 6.49. The molecule has 72 valence electrons. The lowest BCUT2D eigenvalue weighted by Gasteiger charge is -2.06. The quantitative estimate of drug-likeness (QED) is 0.758. The number of alkyl halides is 2. The third kappa shape index (κ3) is 1.28. The lowest BCUT2D eigenvalue weighted by molar-refractivity contribution is 0.149. The highest BCUT2D eigenvalue weighted by atomic mass is 19.3. The topological polar surface area (TPSA) is 33.1 Å². The van der Waals surface area contributed by atoms with Gasteiger partial charge >= 0.3 is 0 Å². The summed E-state index contributed by atoms with van der Waals surface area (Å²) in [4.78, 5) is 3.84. The van der Waals surface area contributed by atoms with E-state index in [0.717, 1.165) is 6.20 Å². The van der Waals surface area contributed by atoms with Gasteiger partial charge in [-0.3, -0.25) is 4.98 Å². The fourth-order valence-electron chi connectivity index (χ4n) is 1.38. The zero-order valence-corrected chi connectivity index (χ0v) is 7.11. The van der Waals surface area contributed by atoms with E-state index in [1.807, 2.05) is 0 Å². The predicted molar refractivity (Wildman–Crippen MR) is 48.4 cm³/mol. The number of hydrogen-bond donors (Lipinski definition) is 1. The van der Waals surface area contributed by atoms with Crippen LogP contribution in [0, 0.1) is 0 Å². The van der Waals surface area contributed by atoms with E-state index in [-0.39, 0.29) is 5.56 Å². The van der Waals surface area contributed by atoms with Crippen LogP contribution in [0.2, 0.25) is 0 Å². The van der Waals surface area contributed by atoms with Gasteiger partial charge in [-0.2, -0.15) is 0 Å². The third-order valence-corrected chi connectivity index (χ3v) is 2.01. The maximum Gasteiger partial charge on any atom is 0.268 e. The van der Waals surface area contributed by atoms with E-state index in [1.165, 1.54) is 6.07 Å². The van der Waals surface area contributed by atoms with Gasteiger partial charge in [0, 0.05) is 5.39 Å². The lowest BCUT2D eigenvalue weighted by atomic mass is 10.1. The molecule has 14 heavy (non-hydrogen) atoms. The molecular formula is C10H7F2NO. The first kappa shape index (κ1) is 8.87. The van der Waals surface area contributed by atoms with Crippen molar-refractivity contribution in [2.24, 2.45) is 0 Å². The number of para-hydroxylation sites is 1. The Bertz CT molecular complexity index is 471. The molecule has 0 atom stereocenters. The zero-order chi connectivity index (χ0) is 10.1. The predicted octanol–water partition coefficient (Wildman–Crippen LogP) is 2.88. The highest BCUT2D eigenvalue weighted by Crippen LogP contribution is 2.33. The number of fused-ring (bicyclic) bond motifs is 1. The summed E-state index contributed by atoms with van der Waals surface area (Å²) < 4.78 is 25.1. The maximum absolute atomic E-state index is 12.6. The number of halogens is 2. The van der Waals surface area contributed by atoms with Crippen molar-refractivity contribution in [3.63, 3.8) is 0 Å². The molecule has 0 bridgehead atoms. The Morgan fingerprint density at radius 2 is 1.93 bits per heavy atom. The van der Waals surface area contributed by atoms with Gasteiger partial charge in [0.2, 0.25) is 0 Å². The Kier molecular flexibility index (Phi) is 2.04. The number of aromatic nitrogens is 1. The second-order valence-corrected chi connectivity index (χ2v) is 2.87. The van der Waals surface area contributed by atoms with Gasteiger partial charge in [0.15, 0.2) is 0 Å². The molecule has 0 saturated carbocycles. The SMILES string of the molecule is Oc1cnc2ccccc2c1C(F)F. The number of hydrogen-bond acceptors (Lipinski definition) is 2. The van der Waals surface area contributed by atoms with E-state index in [4.69, 9.17) is 0 Å². The highest BCUT2D eigenvalue weighted by Gasteiger charge is 2.16. The van der Waals surface area contributed by atoms with Crippen molar-refractivity contribution in [1.82, 2.24) is 4.98 Å². The Morgan fingerprint density at radius 1 is 1.21 bits per heavy atom.